The smallest absolute Gasteiger partial charge is 0.353 e. The van der Waals surface area contributed by atoms with Crippen molar-refractivity contribution in [1.82, 2.24) is 9.88 Å². The number of amides is 1. The highest BCUT2D eigenvalue weighted by atomic mass is 35.5. The van der Waals surface area contributed by atoms with Crippen molar-refractivity contribution in [3.8, 4) is 0 Å². The molecule has 1 fully saturated rings. The van der Waals surface area contributed by atoms with Crippen LogP contribution < -0.4 is 4.90 Å². The zero-order valence-electron chi connectivity index (χ0n) is 14.3. The van der Waals surface area contributed by atoms with Crippen LogP contribution in [0.5, 0.6) is 0 Å². The summed E-state index contributed by atoms with van der Waals surface area (Å²) in [5.74, 6) is 0.0158. The van der Waals surface area contributed by atoms with Crippen molar-refractivity contribution in [3.05, 3.63) is 62.8 Å². The number of alkyl halides is 3. The van der Waals surface area contributed by atoms with E-state index in [-0.39, 0.29) is 22.2 Å². The van der Waals surface area contributed by atoms with Gasteiger partial charge in [0.25, 0.3) is 11.6 Å². The summed E-state index contributed by atoms with van der Waals surface area (Å²) in [5.41, 5.74) is -1.02. The van der Waals surface area contributed by atoms with Crippen LogP contribution in [0.3, 0.4) is 0 Å². The molecule has 2 heterocycles. The number of hydrogen-bond donors (Lipinski definition) is 0. The molecule has 1 amide bonds. The molecule has 0 bridgehead atoms. The van der Waals surface area contributed by atoms with Crippen molar-refractivity contribution < 1.29 is 22.9 Å². The number of halogens is 4. The van der Waals surface area contributed by atoms with Gasteiger partial charge in [-0.3, -0.25) is 14.9 Å². The molecule has 0 atom stereocenters. The summed E-state index contributed by atoms with van der Waals surface area (Å²) < 4.78 is 37.9. The van der Waals surface area contributed by atoms with E-state index in [1.165, 1.54) is 23.1 Å². The third-order valence-electron chi connectivity index (χ3n) is 4.36. The molecule has 0 saturated carbocycles. The van der Waals surface area contributed by atoms with E-state index in [0.717, 1.165) is 18.3 Å². The first kappa shape index (κ1) is 19.9. The van der Waals surface area contributed by atoms with Crippen LogP contribution in [0.15, 0.2) is 36.5 Å². The fraction of sp³-hybridized carbons (Fsp3) is 0.294. The van der Waals surface area contributed by atoms with Gasteiger partial charge < -0.3 is 9.80 Å². The normalized spacial score (nSPS) is 14.9. The van der Waals surface area contributed by atoms with Gasteiger partial charge in [-0.2, -0.15) is 13.2 Å². The Labute approximate surface area is 162 Å². The van der Waals surface area contributed by atoms with Crippen molar-refractivity contribution in [3.63, 3.8) is 0 Å². The average molecular weight is 415 g/mol. The molecule has 0 unspecified atom stereocenters. The van der Waals surface area contributed by atoms with E-state index in [1.54, 1.807) is 4.90 Å². The Morgan fingerprint density at radius 2 is 1.82 bits per heavy atom. The molecule has 0 aliphatic carbocycles. The number of nitro benzene ring substituents is 1. The number of pyridine rings is 1. The van der Waals surface area contributed by atoms with E-state index >= 15 is 0 Å². The molecular weight excluding hydrogens is 401 g/mol. The lowest BCUT2D eigenvalue weighted by Crippen LogP contribution is -2.49. The first-order chi connectivity index (χ1) is 13.2. The molecule has 28 heavy (non-hydrogen) atoms. The van der Waals surface area contributed by atoms with Crippen LogP contribution in [-0.4, -0.2) is 46.9 Å². The highest BCUT2D eigenvalue weighted by Gasteiger charge is 2.31. The zero-order chi connectivity index (χ0) is 20.5. The quantitative estimate of drug-likeness (QED) is 0.566. The van der Waals surface area contributed by atoms with Gasteiger partial charge in [-0.1, -0.05) is 11.6 Å². The minimum atomic E-state index is -4.45. The van der Waals surface area contributed by atoms with Gasteiger partial charge in [-0.15, -0.1) is 0 Å². The molecule has 11 heteroatoms. The third kappa shape index (κ3) is 4.16. The predicted octanol–water partition coefficient (Wildman–Crippen LogP) is 3.62. The van der Waals surface area contributed by atoms with Crippen LogP contribution in [0.1, 0.15) is 15.9 Å². The summed E-state index contributed by atoms with van der Waals surface area (Å²) in [6.07, 6.45) is -3.67. The second-order valence-corrected chi connectivity index (χ2v) is 6.51. The number of nitrogens with zero attached hydrogens (tertiary/aromatic N) is 4. The lowest BCUT2D eigenvalue weighted by atomic mass is 10.1. The molecule has 148 valence electrons. The van der Waals surface area contributed by atoms with Crippen LogP contribution in [0, 0.1) is 10.1 Å². The third-order valence-corrected chi connectivity index (χ3v) is 4.68. The molecule has 1 saturated heterocycles. The number of nitro groups is 1. The molecule has 0 N–H and O–H groups in total. The Hall–Kier alpha value is -2.88. The van der Waals surface area contributed by atoms with Gasteiger partial charge in [0.05, 0.1) is 10.5 Å². The first-order valence-electron chi connectivity index (χ1n) is 8.18. The van der Waals surface area contributed by atoms with Gasteiger partial charge in [-0.25, -0.2) is 4.98 Å². The van der Waals surface area contributed by atoms with Gasteiger partial charge in [0.15, 0.2) is 0 Å². The molecule has 1 aliphatic rings. The summed E-state index contributed by atoms with van der Waals surface area (Å²) in [5, 5.41) is 10.9. The van der Waals surface area contributed by atoms with E-state index in [2.05, 4.69) is 4.98 Å². The number of piperazine rings is 1. The molecule has 2 aromatic rings. The second-order valence-electron chi connectivity index (χ2n) is 6.11. The number of rotatable bonds is 3. The van der Waals surface area contributed by atoms with E-state index in [0.29, 0.717) is 32.0 Å². The lowest BCUT2D eigenvalue weighted by Gasteiger charge is -2.35. The van der Waals surface area contributed by atoms with Crippen molar-refractivity contribution in [2.75, 3.05) is 31.1 Å². The van der Waals surface area contributed by atoms with Crippen molar-refractivity contribution in [1.29, 1.82) is 0 Å². The number of carbonyl (C=O) groups is 1. The highest BCUT2D eigenvalue weighted by Crippen LogP contribution is 2.30. The summed E-state index contributed by atoms with van der Waals surface area (Å²) >= 11 is 5.76. The Kier molecular flexibility index (Phi) is 5.41. The SMILES string of the molecule is O=C(c1ccc(Cl)c([N+](=O)[O-])c1)N1CCN(c2ccc(C(F)(F)F)cn2)CC1. The second kappa shape index (κ2) is 7.63. The highest BCUT2D eigenvalue weighted by molar-refractivity contribution is 6.32. The maximum absolute atomic E-state index is 12.6. The maximum atomic E-state index is 12.6. The Balaban J connectivity index is 1.66. The fourth-order valence-corrected chi connectivity index (χ4v) is 3.03. The Morgan fingerprint density at radius 1 is 1.14 bits per heavy atom. The first-order valence-corrected chi connectivity index (χ1v) is 8.56. The number of anilines is 1. The van der Waals surface area contributed by atoms with Crippen molar-refractivity contribution in [2.45, 2.75) is 6.18 Å². The predicted molar refractivity (Wildman–Crippen MR) is 95.5 cm³/mol. The van der Waals surface area contributed by atoms with Crippen LogP contribution in [0.25, 0.3) is 0 Å². The van der Waals surface area contributed by atoms with E-state index in [9.17, 15) is 28.1 Å². The van der Waals surface area contributed by atoms with Crippen molar-refractivity contribution >= 4 is 29.0 Å². The number of benzene rings is 1. The van der Waals surface area contributed by atoms with E-state index in [1.807, 2.05) is 0 Å². The van der Waals surface area contributed by atoms with E-state index in [4.69, 9.17) is 11.6 Å². The van der Waals surface area contributed by atoms with Gasteiger partial charge >= 0.3 is 6.18 Å². The Morgan fingerprint density at radius 3 is 2.36 bits per heavy atom. The molecule has 1 aliphatic heterocycles. The van der Waals surface area contributed by atoms with Gasteiger partial charge in [0, 0.05) is 44.0 Å². The van der Waals surface area contributed by atoms with Gasteiger partial charge in [0.1, 0.15) is 10.8 Å². The molecule has 1 aromatic carbocycles. The van der Waals surface area contributed by atoms with Crippen LogP contribution in [-0.2, 0) is 6.18 Å². The molecule has 3 rings (SSSR count). The summed E-state index contributed by atoms with van der Waals surface area (Å²) in [6, 6.07) is 6.11. The minimum Gasteiger partial charge on any atom is -0.353 e. The van der Waals surface area contributed by atoms with Crippen LogP contribution in [0.2, 0.25) is 5.02 Å². The molecule has 0 spiro atoms. The van der Waals surface area contributed by atoms with Crippen LogP contribution in [0.4, 0.5) is 24.7 Å². The number of hydrogen-bond acceptors (Lipinski definition) is 5. The molecule has 0 radical (unpaired) electrons. The molecular formula is C17H14ClF3N4O3. The van der Waals surface area contributed by atoms with Crippen LogP contribution >= 0.6 is 11.6 Å². The fourth-order valence-electron chi connectivity index (χ4n) is 2.85. The standard InChI is InChI=1S/C17H14ClF3N4O3/c18-13-3-1-11(9-14(13)25(27)28)16(26)24-7-5-23(6-8-24)15-4-2-12(10-22-15)17(19,20)21/h1-4,9-10H,5-8H2. The summed E-state index contributed by atoms with van der Waals surface area (Å²) in [6.45, 7) is 1.36. The van der Waals surface area contributed by atoms with Crippen molar-refractivity contribution in [2.24, 2.45) is 0 Å². The monoisotopic (exact) mass is 414 g/mol. The number of aromatic nitrogens is 1. The summed E-state index contributed by atoms with van der Waals surface area (Å²) in [7, 11) is 0. The zero-order valence-corrected chi connectivity index (χ0v) is 15.1. The number of carbonyl (C=O) groups excluding carboxylic acids is 1. The molecule has 1 aromatic heterocycles. The Bertz CT molecular complexity index is 898. The largest absolute Gasteiger partial charge is 0.417 e. The lowest BCUT2D eigenvalue weighted by molar-refractivity contribution is -0.384. The maximum Gasteiger partial charge on any atom is 0.417 e. The minimum absolute atomic E-state index is 0.0558. The molecule has 7 nitrogen and oxygen atoms in total. The van der Waals surface area contributed by atoms with Gasteiger partial charge in [0.2, 0.25) is 0 Å². The summed E-state index contributed by atoms with van der Waals surface area (Å²) in [4.78, 5) is 30.0. The average Bonchev–Trinajstić information content (AvgIpc) is 2.67. The topological polar surface area (TPSA) is 79.6 Å². The van der Waals surface area contributed by atoms with E-state index < -0.39 is 16.7 Å². The van der Waals surface area contributed by atoms with Gasteiger partial charge in [-0.05, 0) is 24.3 Å².